The first-order chi connectivity index (χ1) is 18.6. The number of carbonyl (C=O) groups excluding carboxylic acids is 2. The third kappa shape index (κ3) is 5.35. The van der Waals surface area contributed by atoms with Gasteiger partial charge in [-0.25, -0.2) is 4.79 Å². The summed E-state index contributed by atoms with van der Waals surface area (Å²) in [5.74, 6) is 0.267. The van der Waals surface area contributed by atoms with Gasteiger partial charge in [0.2, 0.25) is 0 Å². The Hall–Kier alpha value is -3.51. The van der Waals surface area contributed by atoms with Gasteiger partial charge >= 0.3 is 6.09 Å². The number of hydrogen-bond acceptors (Lipinski definition) is 5. The first-order valence-corrected chi connectivity index (χ1v) is 13.9. The molecule has 5 rings (SSSR count). The van der Waals surface area contributed by atoms with Gasteiger partial charge in [0.1, 0.15) is 11.4 Å². The molecular formula is C33H38N2O4. The fourth-order valence-corrected chi connectivity index (χ4v) is 6.04. The second-order valence-corrected chi connectivity index (χ2v) is 11.7. The van der Waals surface area contributed by atoms with Gasteiger partial charge in [0, 0.05) is 32.0 Å². The fourth-order valence-electron chi connectivity index (χ4n) is 6.04. The summed E-state index contributed by atoms with van der Waals surface area (Å²) in [6.45, 7) is 7.95. The number of nitrogens with zero attached hydrogens (tertiary/aromatic N) is 2. The number of aromatic nitrogens is 1. The van der Waals surface area contributed by atoms with Crippen molar-refractivity contribution < 1.29 is 19.4 Å². The summed E-state index contributed by atoms with van der Waals surface area (Å²) in [5.41, 5.74) is 2.61. The van der Waals surface area contributed by atoms with Gasteiger partial charge in [-0.05, 0) is 68.0 Å². The fraction of sp³-hybridized carbons (Fsp3) is 0.424. The molecule has 2 aliphatic rings. The number of Topliss-reactive ketones (excluding diaryl/α,β-unsaturated/α-hetero) is 1. The van der Waals surface area contributed by atoms with Crippen LogP contribution < -0.4 is 0 Å². The molecule has 0 spiro atoms. The van der Waals surface area contributed by atoms with Gasteiger partial charge in [0.05, 0.1) is 22.8 Å². The van der Waals surface area contributed by atoms with Gasteiger partial charge in [-0.1, -0.05) is 61.5 Å². The van der Waals surface area contributed by atoms with Gasteiger partial charge in [-0.3, -0.25) is 9.78 Å². The summed E-state index contributed by atoms with van der Waals surface area (Å²) < 4.78 is 6.16. The molecule has 3 aromatic rings. The lowest BCUT2D eigenvalue weighted by molar-refractivity contribution is -0.121. The molecule has 1 amide bonds. The maximum Gasteiger partial charge on any atom is 0.411 e. The summed E-state index contributed by atoms with van der Waals surface area (Å²) in [6, 6.07) is 21.8. The minimum absolute atomic E-state index is 0.174. The van der Waals surface area contributed by atoms with Gasteiger partial charge in [-0.2, -0.15) is 0 Å². The SMILES string of the molecule is CCC(=O)C1(c2cc(-c3ccc([C@H](C)N4CC[C@](CC(C)(C)O)(c5ccccc5)OC4=O)cc3)ccn2)CC1. The van der Waals surface area contributed by atoms with Gasteiger partial charge < -0.3 is 14.7 Å². The van der Waals surface area contributed by atoms with Crippen LogP contribution in [0.2, 0.25) is 0 Å². The predicted octanol–water partition coefficient (Wildman–Crippen LogP) is 6.72. The molecule has 1 aromatic heterocycles. The zero-order chi connectivity index (χ0) is 27.8. The normalized spacial score (nSPS) is 21.3. The predicted molar refractivity (Wildman–Crippen MR) is 151 cm³/mol. The van der Waals surface area contributed by atoms with Crippen molar-refractivity contribution in [2.45, 2.75) is 82.5 Å². The van der Waals surface area contributed by atoms with Crippen molar-refractivity contribution >= 4 is 11.9 Å². The molecule has 0 radical (unpaired) electrons. The molecule has 6 heteroatoms. The highest BCUT2D eigenvalue weighted by atomic mass is 16.6. The van der Waals surface area contributed by atoms with Crippen molar-refractivity contribution in [3.8, 4) is 11.1 Å². The first-order valence-electron chi connectivity index (χ1n) is 13.9. The van der Waals surface area contributed by atoms with Crippen LogP contribution in [0.1, 0.15) is 82.7 Å². The number of cyclic esters (lactones) is 1. The standard InChI is InChI=1S/C33H38N2O4/c1-5-29(36)32(16-17-32)28-21-26(15-19-34-28)25-13-11-24(12-14-25)23(2)35-20-18-33(39-30(35)37,22-31(3,4)38)27-9-7-6-8-10-27/h6-15,19,21,23,38H,5,16-18,20,22H2,1-4H3/t23-,33-/m0/s1. The lowest BCUT2D eigenvalue weighted by atomic mass is 9.80. The first kappa shape index (κ1) is 27.1. The number of rotatable bonds is 9. The van der Waals surface area contributed by atoms with Crippen molar-refractivity contribution in [3.63, 3.8) is 0 Å². The van der Waals surface area contributed by atoms with Crippen LogP contribution in [-0.2, 0) is 20.5 Å². The van der Waals surface area contributed by atoms with Crippen LogP contribution in [0.4, 0.5) is 4.79 Å². The molecule has 1 aliphatic heterocycles. The Morgan fingerprint density at radius 2 is 1.74 bits per heavy atom. The van der Waals surface area contributed by atoms with Crippen LogP contribution in [0.5, 0.6) is 0 Å². The second-order valence-electron chi connectivity index (χ2n) is 11.7. The number of benzene rings is 2. The Balaban J connectivity index is 1.33. The monoisotopic (exact) mass is 526 g/mol. The molecule has 1 N–H and O–H groups in total. The smallest absolute Gasteiger partial charge is 0.411 e. The highest BCUT2D eigenvalue weighted by Gasteiger charge is 2.51. The summed E-state index contributed by atoms with van der Waals surface area (Å²) in [4.78, 5) is 32.2. The average molecular weight is 527 g/mol. The average Bonchev–Trinajstić information content (AvgIpc) is 3.74. The van der Waals surface area contributed by atoms with Crippen LogP contribution in [0.25, 0.3) is 11.1 Å². The molecule has 2 heterocycles. The molecule has 0 bridgehead atoms. The van der Waals surface area contributed by atoms with Gasteiger partial charge in [0.25, 0.3) is 0 Å². The van der Waals surface area contributed by atoms with E-state index < -0.39 is 16.6 Å². The highest BCUT2D eigenvalue weighted by Crippen LogP contribution is 2.49. The third-order valence-corrected chi connectivity index (χ3v) is 8.34. The van der Waals surface area contributed by atoms with E-state index in [2.05, 4.69) is 17.1 Å². The molecule has 2 fully saturated rings. The number of pyridine rings is 1. The van der Waals surface area contributed by atoms with Crippen molar-refractivity contribution in [3.05, 3.63) is 89.7 Å². The topological polar surface area (TPSA) is 79.7 Å². The molecular weight excluding hydrogens is 488 g/mol. The molecule has 6 nitrogen and oxygen atoms in total. The van der Waals surface area contributed by atoms with E-state index in [-0.39, 0.29) is 17.9 Å². The quantitative estimate of drug-likeness (QED) is 0.335. The number of ketones is 1. The Labute approximate surface area is 231 Å². The van der Waals surface area contributed by atoms with Crippen LogP contribution in [0.3, 0.4) is 0 Å². The van der Waals surface area contributed by atoms with Crippen LogP contribution in [0.15, 0.2) is 72.9 Å². The molecule has 1 saturated heterocycles. The Kier molecular flexibility index (Phi) is 7.10. The zero-order valence-electron chi connectivity index (χ0n) is 23.3. The number of ether oxygens (including phenoxy) is 1. The van der Waals surface area contributed by atoms with E-state index in [9.17, 15) is 14.7 Å². The van der Waals surface area contributed by atoms with Crippen molar-refractivity contribution in [2.75, 3.05) is 6.54 Å². The van der Waals surface area contributed by atoms with E-state index in [0.29, 0.717) is 25.8 Å². The highest BCUT2D eigenvalue weighted by molar-refractivity contribution is 5.92. The largest absolute Gasteiger partial charge is 0.438 e. The van der Waals surface area contributed by atoms with Crippen LogP contribution in [0, 0.1) is 0 Å². The maximum atomic E-state index is 13.4. The van der Waals surface area contributed by atoms with Gasteiger partial charge in [-0.15, -0.1) is 0 Å². The number of carbonyl (C=O) groups is 2. The minimum Gasteiger partial charge on any atom is -0.438 e. The van der Waals surface area contributed by atoms with Crippen molar-refractivity contribution in [1.29, 1.82) is 0 Å². The Morgan fingerprint density at radius 3 is 2.33 bits per heavy atom. The second kappa shape index (κ2) is 10.2. The lowest BCUT2D eigenvalue weighted by Gasteiger charge is -2.45. The number of hydrogen-bond donors (Lipinski definition) is 1. The Bertz CT molecular complexity index is 1340. The molecule has 204 valence electrons. The van der Waals surface area contributed by atoms with Crippen LogP contribution in [-0.4, -0.2) is 39.0 Å². The number of amides is 1. The van der Waals surface area contributed by atoms with E-state index >= 15 is 0 Å². The zero-order valence-corrected chi connectivity index (χ0v) is 23.3. The summed E-state index contributed by atoms with van der Waals surface area (Å²) >= 11 is 0. The van der Waals surface area contributed by atoms with E-state index in [1.54, 1.807) is 24.9 Å². The van der Waals surface area contributed by atoms with E-state index in [1.807, 2.05) is 68.4 Å². The summed E-state index contributed by atoms with van der Waals surface area (Å²) in [7, 11) is 0. The Morgan fingerprint density at radius 1 is 1.05 bits per heavy atom. The molecule has 1 saturated carbocycles. The van der Waals surface area contributed by atoms with E-state index in [4.69, 9.17) is 4.74 Å². The van der Waals surface area contributed by atoms with E-state index in [0.717, 1.165) is 40.8 Å². The van der Waals surface area contributed by atoms with Crippen LogP contribution >= 0.6 is 0 Å². The molecule has 0 unspecified atom stereocenters. The summed E-state index contributed by atoms with van der Waals surface area (Å²) in [5, 5.41) is 10.6. The lowest BCUT2D eigenvalue weighted by Crippen LogP contribution is -2.51. The minimum atomic E-state index is -0.991. The van der Waals surface area contributed by atoms with Crippen molar-refractivity contribution in [2.24, 2.45) is 0 Å². The van der Waals surface area contributed by atoms with E-state index in [1.165, 1.54) is 0 Å². The molecule has 39 heavy (non-hydrogen) atoms. The summed E-state index contributed by atoms with van der Waals surface area (Å²) in [6.07, 6.45) is 4.61. The van der Waals surface area contributed by atoms with Crippen molar-refractivity contribution in [1.82, 2.24) is 9.88 Å². The third-order valence-electron chi connectivity index (χ3n) is 8.34. The van der Waals surface area contributed by atoms with Gasteiger partial charge in [0.15, 0.2) is 0 Å². The maximum absolute atomic E-state index is 13.4. The molecule has 2 aromatic carbocycles. The number of aliphatic hydroxyl groups is 1. The molecule has 1 aliphatic carbocycles. The molecule has 2 atom stereocenters.